The summed E-state index contributed by atoms with van der Waals surface area (Å²) in [6.45, 7) is 0.181. The van der Waals surface area contributed by atoms with Crippen molar-refractivity contribution in [2.45, 2.75) is 26.2 Å². The van der Waals surface area contributed by atoms with Crippen molar-refractivity contribution in [2.75, 3.05) is 24.8 Å². The fourth-order valence-corrected chi connectivity index (χ4v) is 5.18. The lowest BCUT2D eigenvalue weighted by molar-refractivity contribution is -0.117. The maximum Gasteiger partial charge on any atom is 0.248 e. The van der Waals surface area contributed by atoms with Crippen LogP contribution in [0.25, 0.3) is 22.1 Å². The van der Waals surface area contributed by atoms with Crippen LogP contribution in [0.3, 0.4) is 0 Å². The molecule has 50 heavy (non-hydrogen) atoms. The Labute approximate surface area is 283 Å². The predicted molar refractivity (Wildman–Crippen MR) is 183 cm³/mol. The number of fused-ring (bicyclic) bond motifs is 2. The molecule has 0 radical (unpaired) electrons. The summed E-state index contributed by atoms with van der Waals surface area (Å²) < 4.78 is 11.8. The second-order valence-corrected chi connectivity index (χ2v) is 10.5. The molecule has 0 aliphatic rings. The lowest BCUT2D eigenvalue weighted by atomic mass is 10.1. The molecule has 0 bridgehead atoms. The zero-order valence-corrected chi connectivity index (χ0v) is 27.1. The third-order valence-corrected chi connectivity index (χ3v) is 7.27. The highest BCUT2D eigenvalue weighted by Gasteiger charge is 2.20. The van der Waals surface area contributed by atoms with Gasteiger partial charge in [-0.2, -0.15) is 10.2 Å². The van der Waals surface area contributed by atoms with Crippen LogP contribution in [0.2, 0.25) is 0 Å². The molecule has 3 amide bonds. The van der Waals surface area contributed by atoms with Gasteiger partial charge in [0.25, 0.3) is 0 Å². The lowest BCUT2D eigenvalue weighted by Gasteiger charge is -2.11. The minimum Gasteiger partial charge on any atom is -0.506 e. The Morgan fingerprint density at radius 2 is 1.38 bits per heavy atom. The number of phenols is 1. The van der Waals surface area contributed by atoms with Crippen molar-refractivity contribution >= 4 is 58.0 Å². The van der Waals surface area contributed by atoms with Crippen molar-refractivity contribution in [1.29, 1.82) is 0 Å². The standard InChI is InChI=1S/C31H29N11O6.CH5N/c1-48-24-13-19(18-43)12-21-28(24)42(31(35-21)38-26(46)17-40-9-5-7-34-40)11-3-2-10-41-27-22(14-20(29(32)47)15-23(27)44)36-30(41)37-25(45)16-39-8-4-6-33-39;1-2/h2-9,12-15,18,44H,10-11,16-17H2,1H3,(H2,32,47)(H,35,38,46)(H,36,37,45);2H2,1H3/b3-2+;. The van der Waals surface area contributed by atoms with E-state index < -0.39 is 11.8 Å². The van der Waals surface area contributed by atoms with E-state index in [1.165, 1.54) is 35.7 Å². The molecule has 18 heteroatoms. The van der Waals surface area contributed by atoms with Crippen LogP contribution in [0.5, 0.6) is 11.5 Å². The third kappa shape index (κ3) is 7.50. The smallest absolute Gasteiger partial charge is 0.248 e. The number of anilines is 2. The molecule has 4 heterocycles. The van der Waals surface area contributed by atoms with Gasteiger partial charge >= 0.3 is 0 Å². The Morgan fingerprint density at radius 3 is 1.86 bits per heavy atom. The summed E-state index contributed by atoms with van der Waals surface area (Å²) in [6, 6.07) is 9.22. The highest BCUT2D eigenvalue weighted by molar-refractivity contribution is 6.00. The van der Waals surface area contributed by atoms with Crippen LogP contribution >= 0.6 is 0 Å². The fraction of sp³-hybridized carbons (Fsp3) is 0.188. The van der Waals surface area contributed by atoms with E-state index in [9.17, 15) is 24.3 Å². The molecule has 4 aromatic heterocycles. The number of phenolic OH excluding ortho intramolecular Hbond substituents is 1. The van der Waals surface area contributed by atoms with E-state index in [2.05, 4.69) is 36.5 Å². The van der Waals surface area contributed by atoms with E-state index in [1.807, 2.05) is 0 Å². The summed E-state index contributed by atoms with van der Waals surface area (Å²) in [7, 11) is 2.97. The van der Waals surface area contributed by atoms with Crippen molar-refractivity contribution in [2.24, 2.45) is 11.5 Å². The summed E-state index contributed by atoms with van der Waals surface area (Å²) in [5.41, 5.74) is 11.8. The van der Waals surface area contributed by atoms with Gasteiger partial charge < -0.3 is 30.4 Å². The predicted octanol–water partition coefficient (Wildman–Crippen LogP) is 1.51. The van der Waals surface area contributed by atoms with Gasteiger partial charge in [-0.25, -0.2) is 9.97 Å². The Hall–Kier alpha value is -6.82. The lowest BCUT2D eigenvalue weighted by Crippen LogP contribution is -2.21. The molecule has 0 spiro atoms. The number of aromatic nitrogens is 8. The van der Waals surface area contributed by atoms with Gasteiger partial charge in [0, 0.05) is 49.0 Å². The van der Waals surface area contributed by atoms with Crippen LogP contribution in [0, 0.1) is 0 Å². The van der Waals surface area contributed by atoms with Gasteiger partial charge in [-0.1, -0.05) is 12.2 Å². The largest absolute Gasteiger partial charge is 0.506 e. The SMILES string of the molecule is CN.COc1cc(C=O)cc2nc(NC(=O)Cn3cccn3)n(C/C=C/Cn3c(NC(=O)Cn4cccn4)nc4cc(C(N)=O)cc(O)c43)c12. The van der Waals surface area contributed by atoms with Gasteiger partial charge in [-0.05, 0) is 43.4 Å². The summed E-state index contributed by atoms with van der Waals surface area (Å²) in [4.78, 5) is 58.2. The number of methoxy groups -OCH3 is 1. The first kappa shape index (κ1) is 34.5. The Balaban J connectivity index is 0.00000239. The number of nitrogens with zero attached hydrogens (tertiary/aromatic N) is 8. The average molecular weight is 683 g/mol. The summed E-state index contributed by atoms with van der Waals surface area (Å²) >= 11 is 0. The molecule has 18 nitrogen and oxygen atoms in total. The Kier molecular flexibility index (Phi) is 10.6. The number of aromatic hydroxyl groups is 1. The number of nitrogens with two attached hydrogens (primary N) is 2. The molecule has 6 rings (SSSR count). The second-order valence-electron chi connectivity index (χ2n) is 10.5. The van der Waals surface area contributed by atoms with E-state index in [0.717, 1.165) is 0 Å². The molecule has 0 saturated carbocycles. The molecule has 7 N–H and O–H groups in total. The van der Waals surface area contributed by atoms with E-state index >= 15 is 0 Å². The zero-order valence-electron chi connectivity index (χ0n) is 27.1. The summed E-state index contributed by atoms with van der Waals surface area (Å²) in [5.74, 6) is -1.09. The van der Waals surface area contributed by atoms with Gasteiger partial charge in [0.2, 0.25) is 29.6 Å². The Morgan fingerprint density at radius 1 is 0.840 bits per heavy atom. The number of carbonyl (C=O) groups excluding carboxylic acids is 4. The zero-order chi connectivity index (χ0) is 35.8. The molecule has 0 fully saturated rings. The van der Waals surface area contributed by atoms with Gasteiger partial charge in [0.15, 0.2) is 0 Å². The summed E-state index contributed by atoms with van der Waals surface area (Å²) in [5, 5.41) is 24.5. The third-order valence-electron chi connectivity index (χ3n) is 7.27. The molecule has 0 aliphatic heterocycles. The number of primary amides is 1. The van der Waals surface area contributed by atoms with E-state index in [0.29, 0.717) is 28.6 Å². The van der Waals surface area contributed by atoms with Crippen molar-refractivity contribution < 1.29 is 29.0 Å². The number of ether oxygens (including phenoxy) is 1. The molecule has 0 atom stereocenters. The quantitative estimate of drug-likeness (QED) is 0.0863. The van der Waals surface area contributed by atoms with E-state index in [1.54, 1.807) is 70.3 Å². The minimum absolute atomic E-state index is 0.0493. The molecule has 0 saturated heterocycles. The van der Waals surface area contributed by atoms with Gasteiger partial charge in [0.05, 0.1) is 18.1 Å². The van der Waals surface area contributed by atoms with Crippen molar-refractivity contribution in [3.63, 3.8) is 0 Å². The highest BCUT2D eigenvalue weighted by atomic mass is 16.5. The van der Waals surface area contributed by atoms with Crippen LogP contribution < -0.4 is 26.8 Å². The molecule has 2 aromatic carbocycles. The number of amides is 3. The van der Waals surface area contributed by atoms with Crippen LogP contribution in [0.4, 0.5) is 11.9 Å². The van der Waals surface area contributed by atoms with Gasteiger partial charge in [-0.3, -0.25) is 39.2 Å². The topological polar surface area (TPSA) is 245 Å². The molecule has 6 aromatic rings. The number of aldehydes is 1. The number of benzene rings is 2. The fourth-order valence-electron chi connectivity index (χ4n) is 5.18. The molecule has 0 aliphatic carbocycles. The molecule has 258 valence electrons. The van der Waals surface area contributed by atoms with E-state index in [4.69, 9.17) is 10.5 Å². The van der Waals surface area contributed by atoms with Crippen LogP contribution in [-0.4, -0.2) is 81.9 Å². The number of hydrogen-bond acceptors (Lipinski definition) is 11. The number of nitrogens with one attached hydrogen (secondary N) is 2. The summed E-state index contributed by atoms with van der Waals surface area (Å²) in [6.07, 6.45) is 10.6. The molecular formula is C32H34N12O6. The van der Waals surface area contributed by atoms with E-state index in [-0.39, 0.29) is 66.3 Å². The number of hydrogen-bond donors (Lipinski definition) is 5. The van der Waals surface area contributed by atoms with Crippen LogP contribution in [0.1, 0.15) is 20.7 Å². The van der Waals surface area contributed by atoms with Crippen molar-refractivity contribution in [3.8, 4) is 11.5 Å². The average Bonchev–Trinajstić information content (AvgIpc) is 3.92. The Bertz CT molecular complexity index is 2180. The first-order valence-electron chi connectivity index (χ1n) is 15.1. The molecular weight excluding hydrogens is 648 g/mol. The maximum atomic E-state index is 12.9. The first-order valence-corrected chi connectivity index (χ1v) is 15.1. The van der Waals surface area contributed by atoms with Crippen LogP contribution in [-0.2, 0) is 35.8 Å². The number of imidazole rings is 2. The van der Waals surface area contributed by atoms with Crippen molar-refractivity contribution in [1.82, 2.24) is 38.7 Å². The molecule has 0 unspecified atom stereocenters. The second kappa shape index (κ2) is 15.4. The maximum absolute atomic E-state index is 12.9. The van der Waals surface area contributed by atoms with Crippen LogP contribution in [0.15, 0.2) is 73.3 Å². The minimum atomic E-state index is -0.748. The number of allylic oxidation sites excluding steroid dienone is 2. The van der Waals surface area contributed by atoms with Gasteiger partial charge in [-0.15, -0.1) is 0 Å². The number of rotatable bonds is 13. The normalized spacial score (nSPS) is 11.0. The van der Waals surface area contributed by atoms with Gasteiger partial charge in [0.1, 0.15) is 41.9 Å². The first-order chi connectivity index (χ1) is 24.2. The highest BCUT2D eigenvalue weighted by Crippen LogP contribution is 2.32. The van der Waals surface area contributed by atoms with Crippen molar-refractivity contribution in [3.05, 3.63) is 84.5 Å². The monoisotopic (exact) mass is 682 g/mol. The number of carbonyl (C=O) groups is 4.